The van der Waals surface area contributed by atoms with E-state index in [0.717, 1.165) is 0 Å². The van der Waals surface area contributed by atoms with Crippen LogP contribution < -0.4 is 5.73 Å². The van der Waals surface area contributed by atoms with Gasteiger partial charge in [0.1, 0.15) is 11.2 Å². The predicted octanol–water partition coefficient (Wildman–Crippen LogP) is 1.42. The van der Waals surface area contributed by atoms with Crippen LogP contribution in [0.15, 0.2) is 18.2 Å². The molecule has 1 atom stereocenters. The third-order valence-corrected chi connectivity index (χ3v) is 2.63. The Morgan fingerprint density at radius 2 is 2.20 bits per heavy atom. The van der Waals surface area contributed by atoms with Gasteiger partial charge in [0.05, 0.1) is 0 Å². The van der Waals surface area contributed by atoms with Crippen molar-refractivity contribution in [1.29, 1.82) is 0 Å². The number of nitrogens with zero attached hydrogens (tertiary/aromatic N) is 1. The van der Waals surface area contributed by atoms with Crippen molar-refractivity contribution >= 4 is 17.6 Å². The molecular weight excluding hydrogens is 216 g/mol. The van der Waals surface area contributed by atoms with Gasteiger partial charge >= 0.3 is 5.97 Å². The maximum absolute atomic E-state index is 10.8. The highest BCUT2D eigenvalue weighted by molar-refractivity contribution is 6.29. The van der Waals surface area contributed by atoms with Crippen molar-refractivity contribution in [3.05, 3.63) is 29.0 Å². The zero-order valence-electron chi connectivity index (χ0n) is 8.57. The number of aromatic nitrogens is 1. The molecule has 0 saturated heterocycles. The molecule has 0 radical (unpaired) electrons. The van der Waals surface area contributed by atoms with E-state index in [4.69, 9.17) is 22.4 Å². The van der Waals surface area contributed by atoms with Crippen LogP contribution in [0.2, 0.25) is 5.15 Å². The van der Waals surface area contributed by atoms with Gasteiger partial charge in [-0.1, -0.05) is 31.5 Å². The fraction of sp³-hybridized carbons (Fsp3) is 0.400. The average Bonchev–Trinajstić information content (AvgIpc) is 2.16. The first-order valence-electron chi connectivity index (χ1n) is 4.47. The summed E-state index contributed by atoms with van der Waals surface area (Å²) in [5.41, 5.74) is 5.41. The number of carboxylic acids is 1. The predicted molar refractivity (Wildman–Crippen MR) is 57.9 cm³/mol. The maximum Gasteiger partial charge on any atom is 0.321 e. The van der Waals surface area contributed by atoms with Crippen LogP contribution in [0, 0.1) is 0 Å². The third-order valence-electron chi connectivity index (χ3n) is 2.42. The van der Waals surface area contributed by atoms with Crippen molar-refractivity contribution in [2.45, 2.75) is 25.3 Å². The van der Waals surface area contributed by atoms with Gasteiger partial charge in [-0.15, -0.1) is 0 Å². The lowest BCUT2D eigenvalue weighted by atomic mass is 9.81. The highest BCUT2D eigenvalue weighted by atomic mass is 35.5. The molecule has 1 unspecified atom stereocenters. The number of hydrogen-bond donors (Lipinski definition) is 2. The molecule has 4 nitrogen and oxygen atoms in total. The first-order chi connectivity index (χ1) is 6.85. The van der Waals surface area contributed by atoms with Crippen molar-refractivity contribution in [3.63, 3.8) is 0 Å². The molecule has 82 valence electrons. The number of nitrogens with two attached hydrogens (primary N) is 1. The van der Waals surface area contributed by atoms with E-state index >= 15 is 0 Å². The van der Waals surface area contributed by atoms with Gasteiger partial charge in [-0.25, -0.2) is 4.98 Å². The molecule has 0 aliphatic carbocycles. The Morgan fingerprint density at radius 1 is 1.60 bits per heavy atom. The molecule has 1 rings (SSSR count). The van der Waals surface area contributed by atoms with Crippen LogP contribution in [0.3, 0.4) is 0 Å². The maximum atomic E-state index is 10.8. The Morgan fingerprint density at radius 3 is 2.67 bits per heavy atom. The molecule has 0 saturated carbocycles. The van der Waals surface area contributed by atoms with Gasteiger partial charge in [-0.3, -0.25) is 4.79 Å². The molecule has 0 aliphatic heterocycles. The smallest absolute Gasteiger partial charge is 0.321 e. The van der Waals surface area contributed by atoms with Crippen LogP contribution >= 0.6 is 11.6 Å². The van der Waals surface area contributed by atoms with E-state index < -0.39 is 17.4 Å². The molecule has 0 amide bonds. The lowest BCUT2D eigenvalue weighted by Crippen LogP contribution is -2.47. The van der Waals surface area contributed by atoms with Gasteiger partial charge in [-0.2, -0.15) is 0 Å². The highest BCUT2D eigenvalue weighted by Gasteiger charge is 2.34. The second-order valence-corrected chi connectivity index (χ2v) is 4.27. The largest absolute Gasteiger partial charge is 0.480 e. The Hall–Kier alpha value is -1.13. The Balaban J connectivity index is 3.10. The summed E-state index contributed by atoms with van der Waals surface area (Å²) in [5, 5.41) is 9.19. The molecule has 1 aromatic rings. The van der Waals surface area contributed by atoms with Crippen molar-refractivity contribution < 1.29 is 9.90 Å². The quantitative estimate of drug-likeness (QED) is 0.768. The van der Waals surface area contributed by atoms with E-state index in [1.165, 1.54) is 0 Å². The van der Waals surface area contributed by atoms with Crippen molar-refractivity contribution in [2.24, 2.45) is 5.73 Å². The molecule has 15 heavy (non-hydrogen) atoms. The van der Waals surface area contributed by atoms with E-state index in [2.05, 4.69) is 4.98 Å². The standard InChI is InChI=1S/C10H13ClN2O2/c1-10(2,8(12)9(14)15)6-4-3-5-7(11)13-6/h3-5,8H,12H2,1-2H3,(H,14,15). The van der Waals surface area contributed by atoms with E-state index in [1.54, 1.807) is 32.0 Å². The summed E-state index contributed by atoms with van der Waals surface area (Å²) in [5.74, 6) is -1.05. The first-order valence-corrected chi connectivity index (χ1v) is 4.85. The van der Waals surface area contributed by atoms with Crippen LogP contribution in [0.25, 0.3) is 0 Å². The van der Waals surface area contributed by atoms with Crippen molar-refractivity contribution in [1.82, 2.24) is 4.98 Å². The summed E-state index contributed by atoms with van der Waals surface area (Å²) >= 11 is 5.74. The van der Waals surface area contributed by atoms with E-state index in [1.807, 2.05) is 0 Å². The van der Waals surface area contributed by atoms with E-state index in [0.29, 0.717) is 10.8 Å². The minimum atomic E-state index is -1.05. The summed E-state index contributed by atoms with van der Waals surface area (Å²) in [4.78, 5) is 14.9. The number of pyridine rings is 1. The van der Waals surface area contributed by atoms with Gasteiger partial charge in [0.2, 0.25) is 0 Å². The molecule has 0 fully saturated rings. The normalized spacial score (nSPS) is 13.6. The molecule has 1 aromatic heterocycles. The number of aliphatic carboxylic acids is 1. The molecule has 1 heterocycles. The van der Waals surface area contributed by atoms with Crippen LogP contribution in [0.5, 0.6) is 0 Å². The Labute approximate surface area is 93.1 Å². The molecule has 0 spiro atoms. The van der Waals surface area contributed by atoms with Gasteiger partial charge in [0.25, 0.3) is 0 Å². The van der Waals surface area contributed by atoms with Gasteiger partial charge < -0.3 is 10.8 Å². The van der Waals surface area contributed by atoms with Crippen molar-refractivity contribution in [3.8, 4) is 0 Å². The molecular formula is C10H13ClN2O2. The Kier molecular flexibility index (Phi) is 3.31. The number of rotatable bonds is 3. The van der Waals surface area contributed by atoms with Gasteiger partial charge in [0, 0.05) is 11.1 Å². The monoisotopic (exact) mass is 228 g/mol. The summed E-state index contributed by atoms with van der Waals surface area (Å²) in [6.45, 7) is 3.45. The molecule has 5 heteroatoms. The van der Waals surface area contributed by atoms with Gasteiger partial charge in [-0.05, 0) is 12.1 Å². The SMILES string of the molecule is CC(C)(c1cccc(Cl)n1)C(N)C(=O)O. The molecule has 0 aliphatic rings. The lowest BCUT2D eigenvalue weighted by molar-refractivity contribution is -0.140. The van der Waals surface area contributed by atoms with Crippen LogP contribution in [0.4, 0.5) is 0 Å². The minimum Gasteiger partial charge on any atom is -0.480 e. The summed E-state index contributed by atoms with van der Waals surface area (Å²) in [6.07, 6.45) is 0. The summed E-state index contributed by atoms with van der Waals surface area (Å²) in [7, 11) is 0. The number of halogens is 1. The second-order valence-electron chi connectivity index (χ2n) is 3.88. The lowest BCUT2D eigenvalue weighted by Gasteiger charge is -2.27. The molecule has 3 N–H and O–H groups in total. The van der Waals surface area contributed by atoms with Crippen molar-refractivity contribution in [2.75, 3.05) is 0 Å². The summed E-state index contributed by atoms with van der Waals surface area (Å²) < 4.78 is 0. The zero-order chi connectivity index (χ0) is 11.6. The minimum absolute atomic E-state index is 0.332. The van der Waals surface area contributed by atoms with E-state index in [9.17, 15) is 4.79 Å². The summed E-state index contributed by atoms with van der Waals surface area (Å²) in [6, 6.07) is 4.06. The van der Waals surface area contributed by atoms with Crippen LogP contribution in [-0.2, 0) is 10.2 Å². The molecule has 0 aromatic carbocycles. The Bertz CT molecular complexity index is 379. The number of carbonyl (C=O) groups is 1. The topological polar surface area (TPSA) is 76.2 Å². The number of hydrogen-bond acceptors (Lipinski definition) is 3. The van der Waals surface area contributed by atoms with Crippen LogP contribution in [-0.4, -0.2) is 22.1 Å². The molecule has 0 bridgehead atoms. The van der Waals surface area contributed by atoms with Gasteiger partial charge in [0.15, 0.2) is 0 Å². The number of carboxylic acid groups (broad SMARTS) is 1. The highest BCUT2D eigenvalue weighted by Crippen LogP contribution is 2.25. The van der Waals surface area contributed by atoms with Crippen LogP contribution in [0.1, 0.15) is 19.5 Å². The zero-order valence-corrected chi connectivity index (χ0v) is 9.32. The first kappa shape index (κ1) is 11.9. The fourth-order valence-corrected chi connectivity index (χ4v) is 1.40. The average molecular weight is 229 g/mol. The van der Waals surface area contributed by atoms with E-state index in [-0.39, 0.29) is 0 Å². The second kappa shape index (κ2) is 4.16. The fourth-order valence-electron chi connectivity index (χ4n) is 1.24. The third kappa shape index (κ3) is 2.46.